The molecule has 1 saturated carbocycles. The van der Waals surface area contributed by atoms with E-state index in [1.807, 2.05) is 0 Å². The Morgan fingerprint density at radius 3 is 2.83 bits per heavy atom. The molecule has 0 radical (unpaired) electrons. The van der Waals surface area contributed by atoms with E-state index in [0.29, 0.717) is 12.1 Å². The minimum atomic E-state index is 0.231. The van der Waals surface area contributed by atoms with Gasteiger partial charge in [-0.05, 0) is 25.3 Å². The molecule has 1 aromatic carbocycles. The van der Waals surface area contributed by atoms with Gasteiger partial charge in [0.2, 0.25) is 0 Å². The summed E-state index contributed by atoms with van der Waals surface area (Å²) in [4.78, 5) is 4.70. The van der Waals surface area contributed by atoms with E-state index >= 15 is 0 Å². The summed E-state index contributed by atoms with van der Waals surface area (Å²) in [5.74, 6) is 0.892. The fourth-order valence-corrected chi connectivity index (χ4v) is 2.78. The summed E-state index contributed by atoms with van der Waals surface area (Å²) in [6.07, 6.45) is 4.14. The van der Waals surface area contributed by atoms with Gasteiger partial charge in [-0.25, -0.2) is 4.99 Å². The van der Waals surface area contributed by atoms with E-state index in [9.17, 15) is 0 Å². The van der Waals surface area contributed by atoms with Crippen LogP contribution in [0.25, 0.3) is 0 Å². The number of aryl methyl sites for hydroxylation is 1. The molecule has 18 heavy (non-hydrogen) atoms. The lowest BCUT2D eigenvalue weighted by Gasteiger charge is -2.26. The summed E-state index contributed by atoms with van der Waals surface area (Å²) in [7, 11) is 0. The topological polar surface area (TPSA) is 47.6 Å². The quantitative estimate of drug-likeness (QED) is 0.867. The smallest absolute Gasteiger partial charge is 0.188 e. The van der Waals surface area contributed by atoms with Gasteiger partial charge < -0.3 is 10.5 Å². The van der Waals surface area contributed by atoms with Crippen LogP contribution >= 0.6 is 0 Å². The van der Waals surface area contributed by atoms with Crippen LogP contribution in [-0.2, 0) is 11.2 Å². The highest BCUT2D eigenvalue weighted by Crippen LogP contribution is 2.28. The van der Waals surface area contributed by atoms with Crippen LogP contribution in [0.4, 0.5) is 0 Å². The second-order valence-electron chi connectivity index (χ2n) is 5.48. The molecule has 1 aliphatic heterocycles. The van der Waals surface area contributed by atoms with Crippen LogP contribution in [0.3, 0.4) is 0 Å². The largest absolute Gasteiger partial charge is 0.475 e. The first-order chi connectivity index (χ1) is 8.70. The average Bonchev–Trinajstić information content (AvgIpc) is 2.73. The normalized spacial score (nSPS) is 30.6. The van der Waals surface area contributed by atoms with Crippen molar-refractivity contribution in [3.05, 3.63) is 35.4 Å². The SMILES string of the molecule is Cc1ccc(CC2=NC3CCC(N)CC3O2)cc1. The number of aliphatic imine (C=N–C) groups is 1. The molecule has 3 heteroatoms. The number of ether oxygens (including phenoxy) is 1. The van der Waals surface area contributed by atoms with Crippen molar-refractivity contribution in [3.63, 3.8) is 0 Å². The molecule has 2 aliphatic rings. The summed E-state index contributed by atoms with van der Waals surface area (Å²) in [6, 6.07) is 9.20. The number of fused-ring (bicyclic) bond motifs is 1. The Bertz CT molecular complexity index is 452. The van der Waals surface area contributed by atoms with Gasteiger partial charge in [-0.15, -0.1) is 0 Å². The number of hydrogen-bond donors (Lipinski definition) is 1. The Labute approximate surface area is 108 Å². The van der Waals surface area contributed by atoms with E-state index in [4.69, 9.17) is 15.5 Å². The highest BCUT2D eigenvalue weighted by Gasteiger charge is 2.35. The molecule has 2 N–H and O–H groups in total. The Morgan fingerprint density at radius 2 is 2.06 bits per heavy atom. The van der Waals surface area contributed by atoms with Crippen LogP contribution in [0.2, 0.25) is 0 Å². The maximum absolute atomic E-state index is 5.97. The summed E-state index contributed by atoms with van der Waals surface area (Å²) in [6.45, 7) is 2.10. The minimum Gasteiger partial charge on any atom is -0.475 e. The molecule has 1 heterocycles. The van der Waals surface area contributed by atoms with Crippen molar-refractivity contribution in [1.29, 1.82) is 0 Å². The third-order valence-corrected chi connectivity index (χ3v) is 3.87. The van der Waals surface area contributed by atoms with Crippen LogP contribution in [0.5, 0.6) is 0 Å². The van der Waals surface area contributed by atoms with Crippen molar-refractivity contribution < 1.29 is 4.74 Å². The first-order valence-electron chi connectivity index (χ1n) is 6.75. The molecule has 0 spiro atoms. The third kappa shape index (κ3) is 2.41. The third-order valence-electron chi connectivity index (χ3n) is 3.87. The van der Waals surface area contributed by atoms with Gasteiger partial charge in [0.05, 0.1) is 6.04 Å². The minimum absolute atomic E-state index is 0.231. The predicted molar refractivity (Wildman–Crippen MR) is 72.8 cm³/mol. The molecule has 3 atom stereocenters. The van der Waals surface area contributed by atoms with Crippen molar-refractivity contribution in [2.24, 2.45) is 10.7 Å². The molecule has 0 saturated heterocycles. The van der Waals surface area contributed by atoms with E-state index in [1.54, 1.807) is 0 Å². The van der Waals surface area contributed by atoms with Gasteiger partial charge in [-0.1, -0.05) is 29.8 Å². The Kier molecular flexibility index (Phi) is 3.08. The molecule has 0 aromatic heterocycles. The van der Waals surface area contributed by atoms with Crippen molar-refractivity contribution in [2.45, 2.75) is 50.8 Å². The summed E-state index contributed by atoms with van der Waals surface area (Å²) in [5, 5.41) is 0. The highest BCUT2D eigenvalue weighted by atomic mass is 16.5. The highest BCUT2D eigenvalue weighted by molar-refractivity contribution is 5.80. The molecular formula is C15H20N2O. The van der Waals surface area contributed by atoms with E-state index in [1.165, 1.54) is 11.1 Å². The zero-order valence-corrected chi connectivity index (χ0v) is 10.8. The van der Waals surface area contributed by atoms with Crippen LogP contribution in [0.1, 0.15) is 30.4 Å². The summed E-state index contributed by atoms with van der Waals surface area (Å²) in [5.41, 5.74) is 8.53. The van der Waals surface area contributed by atoms with Crippen LogP contribution in [0.15, 0.2) is 29.3 Å². The summed E-state index contributed by atoms with van der Waals surface area (Å²) >= 11 is 0. The number of nitrogens with two attached hydrogens (primary N) is 1. The van der Waals surface area contributed by atoms with Gasteiger partial charge in [-0.2, -0.15) is 0 Å². The number of rotatable bonds is 2. The van der Waals surface area contributed by atoms with Gasteiger partial charge in [0.1, 0.15) is 6.10 Å². The van der Waals surface area contributed by atoms with E-state index < -0.39 is 0 Å². The lowest BCUT2D eigenvalue weighted by Crippen LogP contribution is -2.38. The van der Waals surface area contributed by atoms with Crippen LogP contribution < -0.4 is 5.73 Å². The second-order valence-corrected chi connectivity index (χ2v) is 5.48. The zero-order valence-electron chi connectivity index (χ0n) is 10.8. The van der Waals surface area contributed by atoms with E-state index in [-0.39, 0.29) is 6.10 Å². The van der Waals surface area contributed by atoms with E-state index in [2.05, 4.69) is 31.2 Å². The maximum atomic E-state index is 5.97. The molecule has 1 fully saturated rings. The Morgan fingerprint density at radius 1 is 1.28 bits per heavy atom. The standard InChI is InChI=1S/C15H20N2O/c1-10-2-4-11(5-3-10)8-15-17-13-7-6-12(16)9-14(13)18-15/h2-5,12-14H,6-9,16H2,1H3. The van der Waals surface area contributed by atoms with Gasteiger partial charge in [0, 0.05) is 18.9 Å². The number of nitrogens with zero attached hydrogens (tertiary/aromatic N) is 1. The lowest BCUT2D eigenvalue weighted by atomic mass is 9.90. The van der Waals surface area contributed by atoms with Crippen molar-refractivity contribution in [2.75, 3.05) is 0 Å². The molecule has 3 nitrogen and oxygen atoms in total. The van der Waals surface area contributed by atoms with Crippen molar-refractivity contribution >= 4 is 5.90 Å². The van der Waals surface area contributed by atoms with Gasteiger partial charge in [-0.3, -0.25) is 0 Å². The molecule has 0 amide bonds. The molecule has 1 aliphatic carbocycles. The van der Waals surface area contributed by atoms with E-state index in [0.717, 1.165) is 31.6 Å². The van der Waals surface area contributed by atoms with Crippen molar-refractivity contribution in [1.82, 2.24) is 0 Å². The zero-order chi connectivity index (χ0) is 12.5. The van der Waals surface area contributed by atoms with Crippen LogP contribution in [-0.4, -0.2) is 24.1 Å². The molecule has 0 bridgehead atoms. The second kappa shape index (κ2) is 4.73. The fourth-order valence-electron chi connectivity index (χ4n) is 2.78. The fraction of sp³-hybridized carbons (Fsp3) is 0.533. The first kappa shape index (κ1) is 11.7. The lowest BCUT2D eigenvalue weighted by molar-refractivity contribution is 0.139. The first-order valence-corrected chi connectivity index (χ1v) is 6.75. The molecule has 1 aromatic rings. The molecule has 3 unspecified atom stereocenters. The van der Waals surface area contributed by atoms with Crippen molar-refractivity contribution in [3.8, 4) is 0 Å². The Hall–Kier alpha value is -1.35. The maximum Gasteiger partial charge on any atom is 0.188 e. The van der Waals surface area contributed by atoms with Gasteiger partial charge in [0.15, 0.2) is 5.90 Å². The average molecular weight is 244 g/mol. The Balaban J connectivity index is 1.66. The molecule has 3 rings (SSSR count). The predicted octanol–water partition coefficient (Wildman–Crippen LogP) is 2.21. The number of hydrogen-bond acceptors (Lipinski definition) is 3. The summed E-state index contributed by atoms with van der Waals surface area (Å²) < 4.78 is 5.94. The molecular weight excluding hydrogens is 224 g/mol. The monoisotopic (exact) mass is 244 g/mol. The van der Waals surface area contributed by atoms with Gasteiger partial charge in [0.25, 0.3) is 0 Å². The van der Waals surface area contributed by atoms with Gasteiger partial charge >= 0.3 is 0 Å². The van der Waals surface area contributed by atoms with Crippen LogP contribution in [0, 0.1) is 6.92 Å². The molecule has 96 valence electrons. The number of benzene rings is 1.